The lowest BCUT2D eigenvalue weighted by molar-refractivity contribution is -0.125. The molecule has 1 aliphatic heterocycles. The van der Waals surface area contributed by atoms with Gasteiger partial charge in [-0.25, -0.2) is 5.01 Å². The molecule has 1 atom stereocenters. The zero-order chi connectivity index (χ0) is 22.0. The smallest absolute Gasteiger partial charge is 0.252 e. The van der Waals surface area contributed by atoms with Crippen molar-refractivity contribution in [3.05, 3.63) is 47.7 Å². The molecule has 2 amide bonds. The van der Waals surface area contributed by atoms with Gasteiger partial charge in [0.2, 0.25) is 5.91 Å². The van der Waals surface area contributed by atoms with Crippen LogP contribution in [-0.2, 0) is 11.3 Å². The van der Waals surface area contributed by atoms with Gasteiger partial charge in [0.15, 0.2) is 0 Å². The number of nitrogens with zero attached hydrogens (tertiary/aromatic N) is 4. The highest BCUT2D eigenvalue weighted by Gasteiger charge is 2.20. The van der Waals surface area contributed by atoms with Crippen LogP contribution in [-0.4, -0.2) is 34.9 Å². The first-order chi connectivity index (χ1) is 14.2. The SMILES string of the molecule is CC(CC(C)(C)C)C(=O)NCCCCNC(=O)c1ccc(CN2C=C=CN=N2)nc1. The molecule has 0 saturated carbocycles. The molecule has 8 heteroatoms. The van der Waals surface area contributed by atoms with E-state index in [1.54, 1.807) is 29.5 Å². The Kier molecular flexibility index (Phi) is 8.74. The second kappa shape index (κ2) is 11.3. The summed E-state index contributed by atoms with van der Waals surface area (Å²) < 4.78 is 0. The van der Waals surface area contributed by atoms with Crippen LogP contribution in [0, 0.1) is 11.3 Å². The summed E-state index contributed by atoms with van der Waals surface area (Å²) in [6.07, 6.45) is 7.20. The number of unbranched alkanes of at least 4 members (excludes halogenated alkanes) is 1. The molecule has 1 aromatic rings. The second-order valence-corrected chi connectivity index (χ2v) is 8.69. The lowest BCUT2D eigenvalue weighted by Crippen LogP contribution is -2.32. The van der Waals surface area contributed by atoms with E-state index < -0.39 is 0 Å². The second-order valence-electron chi connectivity index (χ2n) is 8.69. The van der Waals surface area contributed by atoms with E-state index in [0.29, 0.717) is 25.2 Å². The molecule has 0 aliphatic carbocycles. The molecule has 1 aromatic heterocycles. The Balaban J connectivity index is 1.62. The summed E-state index contributed by atoms with van der Waals surface area (Å²) in [5.41, 5.74) is 4.28. The minimum atomic E-state index is -0.155. The number of aromatic nitrogens is 1. The molecule has 0 fully saturated rings. The van der Waals surface area contributed by atoms with Crippen molar-refractivity contribution in [2.24, 2.45) is 21.7 Å². The summed E-state index contributed by atoms with van der Waals surface area (Å²) >= 11 is 0. The van der Waals surface area contributed by atoms with Gasteiger partial charge in [0.25, 0.3) is 5.91 Å². The summed E-state index contributed by atoms with van der Waals surface area (Å²) in [5.74, 6) is -0.0549. The molecule has 2 rings (SSSR count). The molecule has 2 heterocycles. The molecule has 2 N–H and O–H groups in total. The number of hydrogen-bond acceptors (Lipinski definition) is 6. The van der Waals surface area contributed by atoms with Crippen LogP contribution in [0.25, 0.3) is 0 Å². The molecule has 0 bridgehead atoms. The Morgan fingerprint density at radius 1 is 1.17 bits per heavy atom. The van der Waals surface area contributed by atoms with Crippen LogP contribution >= 0.6 is 0 Å². The third kappa shape index (κ3) is 8.57. The van der Waals surface area contributed by atoms with Crippen molar-refractivity contribution in [2.45, 2.75) is 53.5 Å². The Bertz CT molecular complexity index is 804. The molecular weight excluding hydrogens is 380 g/mol. The van der Waals surface area contributed by atoms with Crippen LogP contribution in [0.4, 0.5) is 0 Å². The highest BCUT2D eigenvalue weighted by molar-refractivity contribution is 5.93. The number of carbonyl (C=O) groups excluding carboxylic acids is 2. The first-order valence-electron chi connectivity index (χ1n) is 10.3. The van der Waals surface area contributed by atoms with E-state index in [2.05, 4.69) is 52.5 Å². The fourth-order valence-corrected chi connectivity index (χ4v) is 3.12. The average Bonchev–Trinajstić information content (AvgIpc) is 2.70. The fourth-order valence-electron chi connectivity index (χ4n) is 3.12. The third-order valence-corrected chi connectivity index (χ3v) is 4.49. The summed E-state index contributed by atoms with van der Waals surface area (Å²) in [6, 6.07) is 3.54. The van der Waals surface area contributed by atoms with Gasteiger partial charge in [-0.3, -0.25) is 14.6 Å². The van der Waals surface area contributed by atoms with Crippen molar-refractivity contribution in [1.82, 2.24) is 20.6 Å². The Morgan fingerprint density at radius 2 is 1.90 bits per heavy atom. The standard InChI is InChI=1S/C22H32N6O2/c1-17(14-22(2,3)4)20(29)23-10-5-6-11-24-21(30)18-8-9-19(25-15-18)16-28-13-7-12-26-27-28/h8-9,12-13,15,17H,5-6,10-11,14,16H2,1-4H3,(H,23,29)(H,24,30). The Morgan fingerprint density at radius 3 is 2.50 bits per heavy atom. The van der Waals surface area contributed by atoms with Crippen LogP contribution in [0.1, 0.15) is 63.0 Å². The van der Waals surface area contributed by atoms with E-state index in [4.69, 9.17) is 0 Å². The molecule has 0 aromatic carbocycles. The largest absolute Gasteiger partial charge is 0.356 e. The van der Waals surface area contributed by atoms with Crippen molar-refractivity contribution >= 4 is 11.8 Å². The Labute approximate surface area is 178 Å². The zero-order valence-corrected chi connectivity index (χ0v) is 18.3. The monoisotopic (exact) mass is 412 g/mol. The van der Waals surface area contributed by atoms with Gasteiger partial charge in [-0.1, -0.05) is 38.6 Å². The van der Waals surface area contributed by atoms with E-state index in [9.17, 15) is 9.59 Å². The van der Waals surface area contributed by atoms with Gasteiger partial charge in [0.1, 0.15) is 0 Å². The third-order valence-electron chi connectivity index (χ3n) is 4.49. The number of pyridine rings is 1. The Hall–Kier alpha value is -2.99. The minimum absolute atomic E-state index is 0.00522. The molecule has 1 unspecified atom stereocenters. The quantitative estimate of drug-likeness (QED) is 0.453. The highest BCUT2D eigenvalue weighted by atomic mass is 16.2. The predicted molar refractivity (Wildman–Crippen MR) is 115 cm³/mol. The first kappa shape index (κ1) is 23.3. The van der Waals surface area contributed by atoms with Crippen molar-refractivity contribution < 1.29 is 9.59 Å². The number of carbonyl (C=O) groups is 2. The van der Waals surface area contributed by atoms with Crippen LogP contribution in [0.3, 0.4) is 0 Å². The van der Waals surface area contributed by atoms with E-state index in [1.807, 2.05) is 6.92 Å². The van der Waals surface area contributed by atoms with Gasteiger partial charge in [0, 0.05) is 25.2 Å². The van der Waals surface area contributed by atoms with Gasteiger partial charge < -0.3 is 10.6 Å². The maximum absolute atomic E-state index is 12.2. The maximum Gasteiger partial charge on any atom is 0.252 e. The molecular formula is C22H32N6O2. The van der Waals surface area contributed by atoms with Crippen LogP contribution in [0.5, 0.6) is 0 Å². The minimum Gasteiger partial charge on any atom is -0.356 e. The van der Waals surface area contributed by atoms with Crippen LogP contribution in [0.2, 0.25) is 0 Å². The molecule has 0 spiro atoms. The molecule has 0 saturated heterocycles. The van der Waals surface area contributed by atoms with E-state index in [1.165, 1.54) is 6.20 Å². The van der Waals surface area contributed by atoms with Crippen molar-refractivity contribution in [3.63, 3.8) is 0 Å². The summed E-state index contributed by atoms with van der Waals surface area (Å²) in [6.45, 7) is 10.0. The van der Waals surface area contributed by atoms with E-state index in [-0.39, 0.29) is 23.1 Å². The number of nitrogens with one attached hydrogen (secondary N) is 2. The first-order valence-corrected chi connectivity index (χ1v) is 10.3. The van der Waals surface area contributed by atoms with Gasteiger partial charge in [-0.2, -0.15) is 0 Å². The van der Waals surface area contributed by atoms with E-state index in [0.717, 1.165) is 25.0 Å². The zero-order valence-electron chi connectivity index (χ0n) is 18.3. The summed E-state index contributed by atoms with van der Waals surface area (Å²) in [5, 5.41) is 15.2. The average molecular weight is 413 g/mol. The molecule has 8 nitrogen and oxygen atoms in total. The van der Waals surface area contributed by atoms with Crippen molar-refractivity contribution in [1.29, 1.82) is 0 Å². The highest BCUT2D eigenvalue weighted by Crippen LogP contribution is 2.24. The number of rotatable bonds is 10. The van der Waals surface area contributed by atoms with Crippen LogP contribution in [0.15, 0.2) is 46.8 Å². The van der Waals surface area contributed by atoms with Gasteiger partial charge in [0.05, 0.1) is 30.2 Å². The predicted octanol–water partition coefficient (Wildman–Crippen LogP) is 3.59. The number of amides is 2. The topological polar surface area (TPSA) is 99.1 Å². The molecule has 30 heavy (non-hydrogen) atoms. The lowest BCUT2D eigenvalue weighted by atomic mass is 9.85. The van der Waals surface area contributed by atoms with Gasteiger partial charge in [-0.05, 0) is 36.8 Å². The van der Waals surface area contributed by atoms with Crippen molar-refractivity contribution in [3.8, 4) is 0 Å². The maximum atomic E-state index is 12.2. The molecule has 162 valence electrons. The van der Waals surface area contributed by atoms with Crippen LogP contribution < -0.4 is 10.6 Å². The molecule has 1 aliphatic rings. The normalized spacial score (nSPS) is 13.9. The van der Waals surface area contributed by atoms with Gasteiger partial charge >= 0.3 is 0 Å². The number of hydrogen-bond donors (Lipinski definition) is 2. The molecule has 0 radical (unpaired) electrons. The summed E-state index contributed by atoms with van der Waals surface area (Å²) in [4.78, 5) is 28.6. The fraction of sp³-hybridized carbons (Fsp3) is 0.545. The van der Waals surface area contributed by atoms with Crippen molar-refractivity contribution in [2.75, 3.05) is 13.1 Å². The van der Waals surface area contributed by atoms with E-state index >= 15 is 0 Å². The summed E-state index contributed by atoms with van der Waals surface area (Å²) in [7, 11) is 0. The lowest BCUT2D eigenvalue weighted by Gasteiger charge is -2.22. The van der Waals surface area contributed by atoms with Gasteiger partial charge in [-0.15, -0.1) is 5.11 Å².